The number of hydrogen-bond acceptors (Lipinski definition) is 2. The Balaban J connectivity index is 1.91. The summed E-state index contributed by atoms with van der Waals surface area (Å²) in [6, 6.07) is 15.5. The van der Waals surface area contributed by atoms with Crippen molar-refractivity contribution in [2.75, 3.05) is 6.54 Å². The molecule has 0 bridgehead atoms. The van der Waals surface area contributed by atoms with E-state index in [0.717, 1.165) is 22.2 Å². The van der Waals surface area contributed by atoms with E-state index in [1.807, 2.05) is 53.4 Å². The summed E-state index contributed by atoms with van der Waals surface area (Å²) < 4.78 is 6.96. The number of amides is 1. The molecule has 1 unspecified atom stereocenters. The van der Waals surface area contributed by atoms with Gasteiger partial charge < -0.3 is 9.64 Å². The Morgan fingerprint density at radius 2 is 2.09 bits per heavy atom. The number of carbonyl (C=O) groups excluding carboxylic acids is 1. The van der Waals surface area contributed by atoms with Crippen molar-refractivity contribution in [3.63, 3.8) is 0 Å². The quantitative estimate of drug-likeness (QED) is 0.801. The van der Waals surface area contributed by atoms with Crippen LogP contribution in [0.4, 0.5) is 0 Å². The van der Waals surface area contributed by atoms with Gasteiger partial charge in [-0.25, -0.2) is 0 Å². The van der Waals surface area contributed by atoms with Crippen LogP contribution in [-0.4, -0.2) is 23.5 Å². The summed E-state index contributed by atoms with van der Waals surface area (Å²) in [5, 5.41) is 0. The van der Waals surface area contributed by atoms with Gasteiger partial charge in [0.25, 0.3) is 5.91 Å². The summed E-state index contributed by atoms with van der Waals surface area (Å²) in [7, 11) is 0. The maximum absolute atomic E-state index is 12.8. The second-order valence-electron chi connectivity index (χ2n) is 5.45. The molecule has 0 spiro atoms. The smallest absolute Gasteiger partial charge is 0.254 e. The van der Waals surface area contributed by atoms with Crippen LogP contribution in [-0.2, 0) is 6.54 Å². The molecule has 1 heterocycles. The van der Waals surface area contributed by atoms with Crippen LogP contribution in [0.1, 0.15) is 29.3 Å². The third-order valence-corrected chi connectivity index (χ3v) is 4.36. The van der Waals surface area contributed by atoms with Gasteiger partial charge >= 0.3 is 0 Å². The lowest BCUT2D eigenvalue weighted by atomic mass is 10.1. The monoisotopic (exact) mass is 359 g/mol. The third kappa shape index (κ3) is 3.17. The van der Waals surface area contributed by atoms with E-state index in [4.69, 9.17) is 4.74 Å². The summed E-state index contributed by atoms with van der Waals surface area (Å²) in [4.78, 5) is 14.7. The van der Waals surface area contributed by atoms with Gasteiger partial charge in [0.05, 0.1) is 6.54 Å². The summed E-state index contributed by atoms with van der Waals surface area (Å²) in [5.74, 6) is 0.930. The van der Waals surface area contributed by atoms with E-state index in [1.54, 1.807) is 0 Å². The van der Waals surface area contributed by atoms with Gasteiger partial charge in [0.1, 0.15) is 11.9 Å². The summed E-state index contributed by atoms with van der Waals surface area (Å²) in [5.41, 5.74) is 1.76. The maximum atomic E-state index is 12.8. The normalized spacial score (nSPS) is 17.4. The van der Waals surface area contributed by atoms with Crippen LogP contribution in [0.5, 0.6) is 5.75 Å². The third-order valence-electron chi connectivity index (χ3n) is 3.87. The number of fused-ring (bicyclic) bond motifs is 1. The molecule has 4 heteroatoms. The molecule has 0 aromatic heterocycles. The number of carbonyl (C=O) groups is 1. The number of halogens is 1. The molecule has 1 aliphatic heterocycles. The van der Waals surface area contributed by atoms with Crippen molar-refractivity contribution in [3.8, 4) is 5.75 Å². The lowest BCUT2D eigenvalue weighted by Gasteiger charge is -2.23. The Kier molecular flexibility index (Phi) is 4.48. The number of nitrogens with zero attached hydrogens (tertiary/aromatic N) is 1. The van der Waals surface area contributed by atoms with E-state index in [1.165, 1.54) is 0 Å². The molecule has 0 radical (unpaired) electrons. The van der Waals surface area contributed by atoms with Gasteiger partial charge in [-0.3, -0.25) is 4.79 Å². The fraction of sp³-hybridized carbons (Fsp3) is 0.278. The van der Waals surface area contributed by atoms with Crippen LogP contribution < -0.4 is 4.74 Å². The van der Waals surface area contributed by atoms with Gasteiger partial charge in [-0.2, -0.15) is 0 Å². The fourth-order valence-electron chi connectivity index (χ4n) is 2.65. The summed E-state index contributed by atoms with van der Waals surface area (Å²) >= 11 is 3.43. The first kappa shape index (κ1) is 15.1. The molecule has 3 rings (SSSR count). The first-order chi connectivity index (χ1) is 10.7. The predicted octanol–water partition coefficient (Wildman–Crippen LogP) is 4.26. The molecule has 2 aromatic carbocycles. The van der Waals surface area contributed by atoms with Gasteiger partial charge in [0, 0.05) is 22.1 Å². The van der Waals surface area contributed by atoms with E-state index in [-0.39, 0.29) is 12.0 Å². The average molecular weight is 360 g/mol. The van der Waals surface area contributed by atoms with Crippen LogP contribution >= 0.6 is 15.9 Å². The SMILES string of the molecule is CCC1CN(C(=O)c2cccc(Br)c2)Cc2ccccc2O1. The number of rotatable bonds is 2. The highest BCUT2D eigenvalue weighted by Gasteiger charge is 2.25. The summed E-state index contributed by atoms with van der Waals surface area (Å²) in [6.07, 6.45) is 0.899. The van der Waals surface area contributed by atoms with Gasteiger partial charge in [-0.05, 0) is 30.7 Å². The number of benzene rings is 2. The highest BCUT2D eigenvalue weighted by Crippen LogP contribution is 2.26. The van der Waals surface area contributed by atoms with E-state index in [0.29, 0.717) is 18.7 Å². The van der Waals surface area contributed by atoms with Crippen molar-refractivity contribution < 1.29 is 9.53 Å². The van der Waals surface area contributed by atoms with E-state index in [2.05, 4.69) is 22.9 Å². The fourth-order valence-corrected chi connectivity index (χ4v) is 3.05. The van der Waals surface area contributed by atoms with Gasteiger partial charge in [0.2, 0.25) is 0 Å². The van der Waals surface area contributed by atoms with Crippen LogP contribution in [0.15, 0.2) is 53.0 Å². The summed E-state index contributed by atoms with van der Waals surface area (Å²) in [6.45, 7) is 3.27. The molecule has 1 atom stereocenters. The highest BCUT2D eigenvalue weighted by atomic mass is 79.9. The van der Waals surface area contributed by atoms with Crippen molar-refractivity contribution in [2.45, 2.75) is 26.0 Å². The first-order valence-electron chi connectivity index (χ1n) is 7.46. The number of hydrogen-bond donors (Lipinski definition) is 0. The minimum Gasteiger partial charge on any atom is -0.488 e. The van der Waals surface area contributed by atoms with Crippen LogP contribution in [0.25, 0.3) is 0 Å². The Morgan fingerprint density at radius 3 is 2.86 bits per heavy atom. The van der Waals surface area contributed by atoms with Crippen molar-refractivity contribution in [1.82, 2.24) is 4.90 Å². The Morgan fingerprint density at radius 1 is 1.27 bits per heavy atom. The molecule has 114 valence electrons. The predicted molar refractivity (Wildman–Crippen MR) is 90.0 cm³/mol. The van der Waals surface area contributed by atoms with E-state index in [9.17, 15) is 4.79 Å². The molecular weight excluding hydrogens is 342 g/mol. The molecule has 0 N–H and O–H groups in total. The van der Waals surface area contributed by atoms with Crippen LogP contribution in [0, 0.1) is 0 Å². The molecule has 22 heavy (non-hydrogen) atoms. The molecule has 3 nitrogen and oxygen atoms in total. The van der Waals surface area contributed by atoms with E-state index < -0.39 is 0 Å². The zero-order valence-electron chi connectivity index (χ0n) is 12.5. The zero-order valence-corrected chi connectivity index (χ0v) is 14.0. The van der Waals surface area contributed by atoms with Crippen molar-refractivity contribution in [1.29, 1.82) is 0 Å². The lowest BCUT2D eigenvalue weighted by Crippen LogP contribution is -2.37. The van der Waals surface area contributed by atoms with Crippen LogP contribution in [0.2, 0.25) is 0 Å². The molecule has 0 aliphatic carbocycles. The molecule has 0 saturated carbocycles. The Bertz CT molecular complexity index is 686. The second kappa shape index (κ2) is 6.53. The largest absolute Gasteiger partial charge is 0.488 e. The zero-order chi connectivity index (χ0) is 15.5. The number of para-hydroxylation sites is 1. The second-order valence-corrected chi connectivity index (χ2v) is 6.37. The van der Waals surface area contributed by atoms with E-state index >= 15 is 0 Å². The molecule has 0 saturated heterocycles. The van der Waals surface area contributed by atoms with Gasteiger partial charge in [0.15, 0.2) is 0 Å². The molecule has 1 aliphatic rings. The highest BCUT2D eigenvalue weighted by molar-refractivity contribution is 9.10. The maximum Gasteiger partial charge on any atom is 0.254 e. The van der Waals surface area contributed by atoms with Gasteiger partial charge in [-0.1, -0.05) is 47.1 Å². The van der Waals surface area contributed by atoms with Gasteiger partial charge in [-0.15, -0.1) is 0 Å². The molecule has 2 aromatic rings. The number of ether oxygens (including phenoxy) is 1. The Hall–Kier alpha value is -1.81. The Labute approximate surface area is 139 Å². The van der Waals surface area contributed by atoms with Crippen molar-refractivity contribution >= 4 is 21.8 Å². The van der Waals surface area contributed by atoms with Crippen LogP contribution in [0.3, 0.4) is 0 Å². The minimum atomic E-state index is 0.0275. The molecule has 1 amide bonds. The molecule has 0 fully saturated rings. The topological polar surface area (TPSA) is 29.5 Å². The van der Waals surface area contributed by atoms with Crippen molar-refractivity contribution in [3.05, 3.63) is 64.1 Å². The lowest BCUT2D eigenvalue weighted by molar-refractivity contribution is 0.0674. The standard InChI is InChI=1S/C18H18BrNO2/c1-2-16-12-20(11-14-6-3-4-9-17(14)22-16)18(21)13-7-5-8-15(19)10-13/h3-10,16H,2,11-12H2,1H3. The first-order valence-corrected chi connectivity index (χ1v) is 8.26. The molecular formula is C18H18BrNO2. The minimum absolute atomic E-state index is 0.0275. The van der Waals surface area contributed by atoms with Crippen molar-refractivity contribution in [2.24, 2.45) is 0 Å². The average Bonchev–Trinajstić information content (AvgIpc) is 2.73.